The Labute approximate surface area is 159 Å². The van der Waals surface area contributed by atoms with Crippen LogP contribution < -0.4 is 4.90 Å². The number of hydrogen-bond donors (Lipinski definition) is 0. The van der Waals surface area contributed by atoms with Gasteiger partial charge in [0, 0.05) is 37.1 Å². The van der Waals surface area contributed by atoms with E-state index in [2.05, 4.69) is 14.8 Å². The first-order chi connectivity index (χ1) is 12.9. The maximum absolute atomic E-state index is 5.54. The Morgan fingerprint density at radius 2 is 1.92 bits per heavy atom. The Morgan fingerprint density at radius 3 is 2.85 bits per heavy atom. The Hall–Kier alpha value is -1.24. The van der Waals surface area contributed by atoms with E-state index >= 15 is 0 Å². The van der Waals surface area contributed by atoms with Crippen LogP contribution in [-0.4, -0.2) is 60.3 Å². The molecular weight excluding hydrogens is 344 g/mol. The van der Waals surface area contributed by atoms with E-state index in [9.17, 15) is 0 Å². The molecule has 2 aromatic heterocycles. The summed E-state index contributed by atoms with van der Waals surface area (Å²) < 4.78 is 5.54. The molecular formula is C20H28N4OS. The largest absolute Gasteiger partial charge is 0.379 e. The number of ether oxygens (including phenoxy) is 1. The van der Waals surface area contributed by atoms with Crippen LogP contribution in [0.4, 0.5) is 5.82 Å². The number of aryl methyl sites for hydroxylation is 2. The standard InChI is InChI=1S/C20H28N4OS/c1-2-7-17-16(6-1)18-19(21-14-22-20(18)26-17)24-8-4-3-5-15(24)13-23-9-11-25-12-10-23/h14-15H,1-13H2. The van der Waals surface area contributed by atoms with Crippen molar-refractivity contribution >= 4 is 27.4 Å². The fraction of sp³-hybridized carbons (Fsp3) is 0.700. The molecule has 2 aliphatic heterocycles. The van der Waals surface area contributed by atoms with Crippen LogP contribution in [0.3, 0.4) is 0 Å². The lowest BCUT2D eigenvalue weighted by Crippen LogP contribution is -2.49. The number of nitrogens with zero attached hydrogens (tertiary/aromatic N) is 4. The lowest BCUT2D eigenvalue weighted by atomic mass is 9.95. The molecule has 0 bridgehead atoms. The van der Waals surface area contributed by atoms with Crippen LogP contribution in [0.1, 0.15) is 42.5 Å². The van der Waals surface area contributed by atoms with Crippen LogP contribution in [0.5, 0.6) is 0 Å². The maximum Gasteiger partial charge on any atom is 0.141 e. The van der Waals surface area contributed by atoms with E-state index in [4.69, 9.17) is 9.72 Å². The number of thiophene rings is 1. The molecule has 1 aliphatic carbocycles. The van der Waals surface area contributed by atoms with Gasteiger partial charge < -0.3 is 9.64 Å². The summed E-state index contributed by atoms with van der Waals surface area (Å²) >= 11 is 1.91. The van der Waals surface area contributed by atoms with Gasteiger partial charge in [-0.25, -0.2) is 9.97 Å². The van der Waals surface area contributed by atoms with Crippen LogP contribution in [-0.2, 0) is 17.6 Å². The van der Waals surface area contributed by atoms with Gasteiger partial charge in [0.15, 0.2) is 0 Å². The highest BCUT2D eigenvalue weighted by Crippen LogP contribution is 2.40. The van der Waals surface area contributed by atoms with Gasteiger partial charge in [-0.15, -0.1) is 11.3 Å². The molecule has 4 heterocycles. The second kappa shape index (κ2) is 7.41. The van der Waals surface area contributed by atoms with Gasteiger partial charge in [0.25, 0.3) is 0 Å². The van der Waals surface area contributed by atoms with Crippen molar-refractivity contribution < 1.29 is 4.74 Å². The summed E-state index contributed by atoms with van der Waals surface area (Å²) in [6.07, 6.45) is 10.7. The molecule has 5 nitrogen and oxygen atoms in total. The number of fused-ring (bicyclic) bond motifs is 3. The first-order valence-corrected chi connectivity index (χ1v) is 11.0. The number of piperidine rings is 1. The minimum Gasteiger partial charge on any atom is -0.379 e. The zero-order chi connectivity index (χ0) is 17.3. The first kappa shape index (κ1) is 16.9. The van der Waals surface area contributed by atoms with E-state index in [0.717, 1.165) is 39.4 Å². The summed E-state index contributed by atoms with van der Waals surface area (Å²) in [4.78, 5) is 17.4. The van der Waals surface area contributed by atoms with Crippen LogP contribution in [0.25, 0.3) is 10.2 Å². The Bertz CT molecular complexity index is 771. The fourth-order valence-electron chi connectivity index (χ4n) is 4.84. The zero-order valence-electron chi connectivity index (χ0n) is 15.5. The quantitative estimate of drug-likeness (QED) is 0.827. The van der Waals surface area contributed by atoms with Crippen molar-refractivity contribution in [1.29, 1.82) is 0 Å². The molecule has 5 rings (SSSR count). The van der Waals surface area contributed by atoms with E-state index in [1.54, 1.807) is 16.8 Å². The molecule has 0 amide bonds. The molecule has 2 fully saturated rings. The molecule has 0 saturated carbocycles. The third-order valence-electron chi connectivity index (χ3n) is 6.20. The lowest BCUT2D eigenvalue weighted by molar-refractivity contribution is 0.0338. The van der Waals surface area contributed by atoms with E-state index in [-0.39, 0.29) is 0 Å². The normalized spacial score (nSPS) is 24.8. The second-order valence-electron chi connectivity index (χ2n) is 7.84. The molecule has 0 radical (unpaired) electrons. The second-order valence-corrected chi connectivity index (χ2v) is 8.93. The summed E-state index contributed by atoms with van der Waals surface area (Å²) in [5.74, 6) is 1.22. The number of rotatable bonds is 3. The van der Waals surface area contributed by atoms with Crippen LogP contribution >= 0.6 is 11.3 Å². The van der Waals surface area contributed by atoms with Gasteiger partial charge in [0.2, 0.25) is 0 Å². The van der Waals surface area contributed by atoms with Gasteiger partial charge in [-0.05, 0) is 50.5 Å². The first-order valence-electron chi connectivity index (χ1n) is 10.2. The third-order valence-corrected chi connectivity index (χ3v) is 7.40. The van der Waals surface area contributed by atoms with E-state index in [1.165, 1.54) is 61.0 Å². The van der Waals surface area contributed by atoms with E-state index in [0.29, 0.717) is 6.04 Å². The summed E-state index contributed by atoms with van der Waals surface area (Å²) in [7, 11) is 0. The molecule has 0 N–H and O–H groups in total. The summed E-state index contributed by atoms with van der Waals surface area (Å²) in [6.45, 7) is 6.16. The minimum absolute atomic E-state index is 0.569. The average Bonchev–Trinajstić information content (AvgIpc) is 3.08. The van der Waals surface area contributed by atoms with E-state index in [1.807, 2.05) is 11.3 Å². The Balaban J connectivity index is 1.49. The van der Waals surface area contributed by atoms with Crippen molar-refractivity contribution in [3.8, 4) is 0 Å². The number of hydrogen-bond acceptors (Lipinski definition) is 6. The molecule has 1 atom stereocenters. The molecule has 1 unspecified atom stereocenters. The number of anilines is 1. The van der Waals surface area contributed by atoms with Crippen molar-refractivity contribution in [2.75, 3.05) is 44.3 Å². The molecule has 6 heteroatoms. The summed E-state index contributed by atoms with van der Waals surface area (Å²) in [5.41, 5.74) is 1.56. The van der Waals surface area contributed by atoms with Crippen molar-refractivity contribution in [3.63, 3.8) is 0 Å². The number of aromatic nitrogens is 2. The smallest absolute Gasteiger partial charge is 0.141 e. The molecule has 3 aliphatic rings. The number of morpholine rings is 1. The molecule has 140 valence electrons. The zero-order valence-corrected chi connectivity index (χ0v) is 16.3. The van der Waals surface area contributed by atoms with Crippen molar-refractivity contribution in [2.45, 2.75) is 51.0 Å². The topological polar surface area (TPSA) is 41.5 Å². The summed E-state index contributed by atoms with van der Waals surface area (Å²) in [5, 5.41) is 1.38. The molecule has 2 saturated heterocycles. The molecule has 0 spiro atoms. The predicted octanol–water partition coefficient (Wildman–Crippen LogP) is 3.26. The van der Waals surface area contributed by atoms with Crippen LogP contribution in [0.15, 0.2) is 6.33 Å². The maximum atomic E-state index is 5.54. The van der Waals surface area contributed by atoms with Gasteiger partial charge >= 0.3 is 0 Å². The Kier molecular flexibility index (Phi) is 4.82. The lowest BCUT2D eigenvalue weighted by Gasteiger charge is -2.40. The molecule has 26 heavy (non-hydrogen) atoms. The monoisotopic (exact) mass is 372 g/mol. The van der Waals surface area contributed by atoms with Crippen molar-refractivity contribution in [1.82, 2.24) is 14.9 Å². The highest BCUT2D eigenvalue weighted by Gasteiger charge is 2.29. The van der Waals surface area contributed by atoms with Gasteiger partial charge in [0.05, 0.1) is 18.6 Å². The minimum atomic E-state index is 0.569. The van der Waals surface area contributed by atoms with Gasteiger partial charge in [-0.3, -0.25) is 4.90 Å². The SMILES string of the molecule is c1nc(N2CCCCC2CN2CCOCC2)c2c3c(sc2n1)CCCC3. The van der Waals surface area contributed by atoms with Crippen molar-refractivity contribution in [3.05, 3.63) is 16.8 Å². The molecule has 0 aromatic carbocycles. The van der Waals surface area contributed by atoms with Gasteiger partial charge in [-0.1, -0.05) is 0 Å². The summed E-state index contributed by atoms with van der Waals surface area (Å²) in [6, 6.07) is 0.569. The van der Waals surface area contributed by atoms with Crippen molar-refractivity contribution in [2.24, 2.45) is 0 Å². The average molecular weight is 373 g/mol. The highest BCUT2D eigenvalue weighted by atomic mass is 32.1. The molecule has 2 aromatic rings. The highest BCUT2D eigenvalue weighted by molar-refractivity contribution is 7.19. The van der Waals surface area contributed by atoms with E-state index < -0.39 is 0 Å². The fourth-order valence-corrected chi connectivity index (χ4v) is 6.07. The Morgan fingerprint density at radius 1 is 1.04 bits per heavy atom. The van der Waals surface area contributed by atoms with Gasteiger partial charge in [0.1, 0.15) is 17.0 Å². The van der Waals surface area contributed by atoms with Gasteiger partial charge in [-0.2, -0.15) is 0 Å². The predicted molar refractivity (Wildman–Crippen MR) is 106 cm³/mol. The van der Waals surface area contributed by atoms with Crippen LogP contribution in [0.2, 0.25) is 0 Å². The van der Waals surface area contributed by atoms with Crippen LogP contribution in [0, 0.1) is 0 Å². The third kappa shape index (κ3) is 3.12.